The van der Waals surface area contributed by atoms with E-state index in [0.29, 0.717) is 0 Å². The molecule has 0 unspecified atom stereocenters. The lowest BCUT2D eigenvalue weighted by Gasteiger charge is -2.30. The summed E-state index contributed by atoms with van der Waals surface area (Å²) in [6.07, 6.45) is -4.21. The Labute approximate surface area is 117 Å². The fourth-order valence-electron chi connectivity index (χ4n) is 1.92. The van der Waals surface area contributed by atoms with Crippen LogP contribution in [0, 0.1) is 0 Å². The van der Waals surface area contributed by atoms with Gasteiger partial charge in [0.25, 0.3) is 0 Å². The number of nitrogens with one attached hydrogen (secondary N) is 1. The summed E-state index contributed by atoms with van der Waals surface area (Å²) < 4.78 is 16.4. The van der Waals surface area contributed by atoms with E-state index in [0.717, 1.165) is 16.8 Å². The smallest absolute Gasteiger partial charge is 0.351 e. The number of hydrogen-bond acceptors (Lipinski definition) is 9. The molecule has 118 valence electrons. The molecule has 0 spiro atoms. The molecule has 2 heterocycles. The summed E-state index contributed by atoms with van der Waals surface area (Å²) in [5.41, 5.74) is -1.01. The number of aliphatic hydroxyl groups is 3. The zero-order valence-corrected chi connectivity index (χ0v) is 11.3. The quantitative estimate of drug-likeness (QED) is 0.400. The summed E-state index contributed by atoms with van der Waals surface area (Å²) in [6.45, 7) is -0.563. The van der Waals surface area contributed by atoms with Crippen molar-refractivity contribution in [2.75, 3.05) is 11.7 Å². The molecule has 0 bridgehead atoms. The van der Waals surface area contributed by atoms with Gasteiger partial charge in [0.15, 0.2) is 6.23 Å². The number of hydrogen-bond donors (Lipinski definition) is 4. The Morgan fingerprint density at radius 3 is 2.57 bits per heavy atom. The van der Waals surface area contributed by atoms with E-state index in [1.165, 1.54) is 5.09 Å². The Hall–Kier alpha value is -1.33. The van der Waals surface area contributed by atoms with E-state index in [2.05, 4.69) is 4.98 Å². The van der Waals surface area contributed by atoms with Crippen LogP contribution in [-0.2, 0) is 9.30 Å². The second kappa shape index (κ2) is 5.81. The van der Waals surface area contributed by atoms with E-state index in [1.807, 2.05) is 0 Å². The van der Waals surface area contributed by atoms with Crippen molar-refractivity contribution in [2.45, 2.75) is 24.5 Å². The molecule has 1 fully saturated rings. The molecular formula is C9H12N3O8P-2. The summed E-state index contributed by atoms with van der Waals surface area (Å²) in [5, 5.41) is 29.8. The monoisotopic (exact) mass is 321 g/mol. The van der Waals surface area contributed by atoms with Gasteiger partial charge in [-0.05, 0) is 6.07 Å². The van der Waals surface area contributed by atoms with Crippen LogP contribution in [0.25, 0.3) is 0 Å². The molecule has 0 amide bonds. The molecule has 1 aromatic heterocycles. The zero-order chi connectivity index (χ0) is 15.8. The Bertz CT molecular complexity index is 615. The average molecular weight is 321 g/mol. The largest absolute Gasteiger partial charge is 0.795 e. The summed E-state index contributed by atoms with van der Waals surface area (Å²) >= 11 is 0. The summed E-state index contributed by atoms with van der Waals surface area (Å²) in [6, 6.07) is 1.01. The number of rotatable bonds is 4. The van der Waals surface area contributed by atoms with Gasteiger partial charge in [0.1, 0.15) is 24.1 Å². The van der Waals surface area contributed by atoms with Gasteiger partial charge < -0.3 is 39.5 Å². The van der Waals surface area contributed by atoms with Gasteiger partial charge in [-0.15, -0.1) is 0 Å². The third kappa shape index (κ3) is 3.47. The van der Waals surface area contributed by atoms with Crippen molar-refractivity contribution < 1.29 is 34.4 Å². The number of aromatic nitrogens is 2. The highest BCUT2D eigenvalue weighted by Gasteiger charge is 2.43. The van der Waals surface area contributed by atoms with Gasteiger partial charge in [0.05, 0.1) is 6.61 Å². The van der Waals surface area contributed by atoms with Crippen molar-refractivity contribution in [3.63, 3.8) is 0 Å². The van der Waals surface area contributed by atoms with E-state index in [4.69, 9.17) is 9.84 Å². The lowest BCUT2D eigenvalue weighted by molar-refractivity contribution is -0.311. The number of nitrogens with zero attached hydrogens (tertiary/aromatic N) is 2. The Morgan fingerprint density at radius 1 is 1.43 bits per heavy atom. The number of aliphatic hydroxyl groups excluding tert-OH is 3. The molecule has 0 saturated carbocycles. The summed E-state index contributed by atoms with van der Waals surface area (Å²) in [7, 11) is -5.10. The van der Waals surface area contributed by atoms with Gasteiger partial charge in [-0.1, -0.05) is 0 Å². The van der Waals surface area contributed by atoms with Crippen molar-refractivity contribution in [1.29, 1.82) is 0 Å². The van der Waals surface area contributed by atoms with Crippen molar-refractivity contribution in [1.82, 2.24) is 9.55 Å². The van der Waals surface area contributed by atoms with Crippen LogP contribution in [-0.4, -0.2) is 49.8 Å². The molecule has 0 radical (unpaired) electrons. The predicted octanol–water partition coefficient (Wildman–Crippen LogP) is -3.90. The van der Waals surface area contributed by atoms with Crippen LogP contribution in [0.1, 0.15) is 6.23 Å². The minimum absolute atomic E-state index is 0.476. The molecule has 1 saturated heterocycles. The molecule has 1 aromatic rings. The molecule has 0 aromatic carbocycles. The van der Waals surface area contributed by atoms with Crippen molar-refractivity contribution in [2.24, 2.45) is 0 Å². The molecule has 2 rings (SSSR count). The minimum atomic E-state index is -5.10. The Kier molecular flexibility index (Phi) is 4.44. The fraction of sp³-hybridized carbons (Fsp3) is 0.556. The molecule has 0 aliphatic carbocycles. The van der Waals surface area contributed by atoms with E-state index in [-0.39, 0.29) is 0 Å². The van der Waals surface area contributed by atoms with Crippen molar-refractivity contribution >= 4 is 13.6 Å². The van der Waals surface area contributed by atoms with Gasteiger partial charge in [-0.2, -0.15) is 4.98 Å². The highest BCUT2D eigenvalue weighted by atomic mass is 31.2. The normalized spacial score (nSPS) is 29.6. The second-order valence-corrected chi connectivity index (χ2v) is 5.56. The van der Waals surface area contributed by atoms with Crippen LogP contribution in [0.4, 0.5) is 5.82 Å². The standard InChI is InChI=1S/C9H14N3O8P/c13-3-4-6(14)7(15)8(20-4)12-2-1-5(10-9(12)16)11-21(17,18)19/h1-2,4,6-8,13-15H,3H2,(H3,10,11,16,17,18,19)/p-2/t4-,6-,7-,8-/m1/s1. The first-order valence-corrected chi connectivity index (χ1v) is 7.29. The maximum absolute atomic E-state index is 11.7. The van der Waals surface area contributed by atoms with Gasteiger partial charge >= 0.3 is 5.69 Å². The van der Waals surface area contributed by atoms with E-state index >= 15 is 0 Å². The van der Waals surface area contributed by atoms with Crippen LogP contribution >= 0.6 is 7.75 Å². The van der Waals surface area contributed by atoms with Crippen LogP contribution in [0.5, 0.6) is 0 Å². The van der Waals surface area contributed by atoms with Crippen molar-refractivity contribution in [3.8, 4) is 0 Å². The highest BCUT2D eigenvalue weighted by molar-refractivity contribution is 7.50. The Morgan fingerprint density at radius 2 is 2.10 bits per heavy atom. The SMILES string of the molecule is O=c1nc(NP(=O)([O-])[O-])ccn1[C@@H]1O[C@H](CO)[C@@H](O)[C@H]1O. The van der Waals surface area contributed by atoms with Gasteiger partial charge in [0.2, 0.25) is 0 Å². The van der Waals surface area contributed by atoms with E-state index in [1.54, 1.807) is 0 Å². The summed E-state index contributed by atoms with van der Waals surface area (Å²) in [5.74, 6) is -0.476. The maximum atomic E-state index is 11.7. The van der Waals surface area contributed by atoms with Crippen LogP contribution in [0.3, 0.4) is 0 Å². The first-order valence-electron chi connectivity index (χ1n) is 5.75. The van der Waals surface area contributed by atoms with Crippen molar-refractivity contribution in [3.05, 3.63) is 22.7 Å². The van der Waals surface area contributed by atoms with Crippen LogP contribution in [0.15, 0.2) is 17.1 Å². The third-order valence-electron chi connectivity index (χ3n) is 2.87. The second-order valence-electron chi connectivity index (χ2n) is 4.34. The van der Waals surface area contributed by atoms with E-state index < -0.39 is 50.4 Å². The maximum Gasteiger partial charge on any atom is 0.351 e. The molecule has 11 nitrogen and oxygen atoms in total. The zero-order valence-electron chi connectivity index (χ0n) is 10.4. The molecular weight excluding hydrogens is 309 g/mol. The molecule has 12 heteroatoms. The average Bonchev–Trinajstić information content (AvgIpc) is 2.65. The molecule has 21 heavy (non-hydrogen) atoms. The van der Waals surface area contributed by atoms with Crippen LogP contribution in [0.2, 0.25) is 0 Å². The number of anilines is 1. The lowest BCUT2D eigenvalue weighted by Crippen LogP contribution is -2.36. The van der Waals surface area contributed by atoms with E-state index in [9.17, 15) is 29.4 Å². The summed E-state index contributed by atoms with van der Waals surface area (Å²) in [4.78, 5) is 36.1. The predicted molar refractivity (Wildman–Crippen MR) is 62.7 cm³/mol. The van der Waals surface area contributed by atoms with Gasteiger partial charge in [0, 0.05) is 13.9 Å². The van der Waals surface area contributed by atoms with Gasteiger partial charge in [-0.25, -0.2) is 4.79 Å². The fourth-order valence-corrected chi connectivity index (χ4v) is 2.32. The lowest BCUT2D eigenvalue weighted by atomic mass is 10.1. The third-order valence-corrected chi connectivity index (χ3v) is 3.38. The molecule has 1 aliphatic rings. The topological polar surface area (TPSA) is 180 Å². The molecule has 4 N–H and O–H groups in total. The highest BCUT2D eigenvalue weighted by Crippen LogP contribution is 2.28. The first kappa shape index (κ1) is 16.0. The van der Waals surface area contributed by atoms with Gasteiger partial charge in [-0.3, -0.25) is 4.57 Å². The minimum Gasteiger partial charge on any atom is -0.795 e. The molecule has 1 aliphatic heterocycles. The Balaban J connectivity index is 2.26. The molecule has 4 atom stereocenters. The van der Waals surface area contributed by atoms with Crippen LogP contribution < -0.4 is 20.6 Å². The number of ether oxygens (including phenoxy) is 1. The first-order chi connectivity index (χ1) is 9.73.